The van der Waals surface area contributed by atoms with Crippen LogP contribution in [-0.4, -0.2) is 58.0 Å². The Hall–Kier alpha value is -4.40. The molecule has 180 valence electrons. The monoisotopic (exact) mass is 475 g/mol. The largest absolute Gasteiger partial charge is 0.507 e. The molecule has 9 heteroatoms. The molecular formula is C26H25N3O6. The number of ketones is 1. The summed E-state index contributed by atoms with van der Waals surface area (Å²) in [6, 6.07) is 12.3. The zero-order valence-electron chi connectivity index (χ0n) is 19.4. The highest BCUT2D eigenvalue weighted by Gasteiger charge is 2.45. The van der Waals surface area contributed by atoms with Gasteiger partial charge in [-0.2, -0.15) is 0 Å². The molecule has 2 aromatic carbocycles. The normalized spacial score (nSPS) is 17.0. The molecule has 2 heterocycles. The molecule has 1 aliphatic heterocycles. The van der Waals surface area contributed by atoms with Gasteiger partial charge < -0.3 is 24.0 Å². The van der Waals surface area contributed by atoms with Gasteiger partial charge in [0.2, 0.25) is 0 Å². The summed E-state index contributed by atoms with van der Waals surface area (Å²) in [7, 11) is 2.79. The van der Waals surface area contributed by atoms with Crippen molar-refractivity contribution in [3.8, 4) is 5.75 Å². The molecule has 1 saturated heterocycles. The fourth-order valence-corrected chi connectivity index (χ4v) is 4.15. The summed E-state index contributed by atoms with van der Waals surface area (Å²) in [6.45, 7) is 0.883. The third-order valence-corrected chi connectivity index (χ3v) is 5.91. The van der Waals surface area contributed by atoms with E-state index in [1.165, 1.54) is 19.1 Å². The van der Waals surface area contributed by atoms with Gasteiger partial charge in [0.25, 0.3) is 11.7 Å². The van der Waals surface area contributed by atoms with E-state index in [2.05, 4.69) is 4.98 Å². The summed E-state index contributed by atoms with van der Waals surface area (Å²) in [6.07, 6.45) is 5.74. The number of hydrogen-bond donors (Lipinski definition) is 1. The maximum Gasteiger partial charge on any atom is 0.337 e. The molecule has 0 saturated carbocycles. The fraction of sp³-hybridized carbons (Fsp3) is 0.231. The molecule has 1 aliphatic rings. The Morgan fingerprint density at radius 2 is 1.83 bits per heavy atom. The number of aromatic nitrogens is 2. The molecule has 3 aromatic rings. The fourth-order valence-electron chi connectivity index (χ4n) is 4.15. The van der Waals surface area contributed by atoms with Gasteiger partial charge in [0.1, 0.15) is 11.5 Å². The van der Waals surface area contributed by atoms with Gasteiger partial charge in [-0.05, 0) is 36.2 Å². The number of aliphatic hydroxyl groups excluding tert-OH is 1. The van der Waals surface area contributed by atoms with Gasteiger partial charge in [-0.1, -0.05) is 24.3 Å². The van der Waals surface area contributed by atoms with E-state index in [1.807, 2.05) is 10.8 Å². The first kappa shape index (κ1) is 23.7. The zero-order chi connectivity index (χ0) is 24.9. The Balaban J connectivity index is 1.74. The number of rotatable bonds is 8. The van der Waals surface area contributed by atoms with Crippen LogP contribution in [0.4, 0.5) is 0 Å². The van der Waals surface area contributed by atoms with Gasteiger partial charge in [-0.15, -0.1) is 0 Å². The van der Waals surface area contributed by atoms with Crippen molar-refractivity contribution >= 4 is 23.4 Å². The predicted molar refractivity (Wildman–Crippen MR) is 127 cm³/mol. The van der Waals surface area contributed by atoms with Crippen molar-refractivity contribution in [3.05, 3.63) is 89.5 Å². The number of nitrogens with zero attached hydrogens (tertiary/aromatic N) is 3. The highest BCUT2D eigenvalue weighted by atomic mass is 16.5. The number of ether oxygens (including phenoxy) is 2. The molecule has 1 amide bonds. The number of imidazole rings is 1. The quantitative estimate of drug-likeness (QED) is 0.231. The summed E-state index contributed by atoms with van der Waals surface area (Å²) in [5, 5.41) is 11.2. The summed E-state index contributed by atoms with van der Waals surface area (Å²) in [4.78, 5) is 43.6. The summed E-state index contributed by atoms with van der Waals surface area (Å²) in [5.74, 6) is -1.75. The van der Waals surface area contributed by atoms with Gasteiger partial charge in [0.05, 0.1) is 37.7 Å². The highest BCUT2D eigenvalue weighted by Crippen LogP contribution is 2.40. The number of Topliss-reactive ketones (excluding diaryl/α,β-unsaturated/α-hetero) is 1. The van der Waals surface area contributed by atoms with Crippen molar-refractivity contribution in [1.82, 2.24) is 14.5 Å². The van der Waals surface area contributed by atoms with E-state index in [0.29, 0.717) is 35.4 Å². The molecule has 9 nitrogen and oxygen atoms in total. The molecule has 1 fully saturated rings. The summed E-state index contributed by atoms with van der Waals surface area (Å²) in [5.41, 5.74) is 1.26. The topological polar surface area (TPSA) is 111 Å². The third-order valence-electron chi connectivity index (χ3n) is 5.91. The second-order valence-corrected chi connectivity index (χ2v) is 7.99. The highest BCUT2D eigenvalue weighted by molar-refractivity contribution is 6.46. The minimum atomic E-state index is -0.823. The minimum Gasteiger partial charge on any atom is -0.507 e. The van der Waals surface area contributed by atoms with Crippen LogP contribution in [0.2, 0.25) is 0 Å². The van der Waals surface area contributed by atoms with Crippen molar-refractivity contribution in [2.75, 3.05) is 20.8 Å². The molecule has 0 aliphatic carbocycles. The number of methoxy groups -OCH3 is 2. The van der Waals surface area contributed by atoms with E-state index in [9.17, 15) is 19.5 Å². The minimum absolute atomic E-state index is 0.0169. The van der Waals surface area contributed by atoms with Crippen LogP contribution in [0.25, 0.3) is 5.76 Å². The second kappa shape index (κ2) is 10.3. The van der Waals surface area contributed by atoms with Crippen molar-refractivity contribution in [1.29, 1.82) is 0 Å². The van der Waals surface area contributed by atoms with Crippen LogP contribution in [0.1, 0.15) is 33.9 Å². The Labute approximate surface area is 202 Å². The van der Waals surface area contributed by atoms with E-state index in [1.54, 1.807) is 61.1 Å². The van der Waals surface area contributed by atoms with Gasteiger partial charge in [-0.25, -0.2) is 9.78 Å². The van der Waals surface area contributed by atoms with Crippen molar-refractivity contribution < 1.29 is 29.0 Å². The van der Waals surface area contributed by atoms with Crippen LogP contribution in [0, 0.1) is 0 Å². The van der Waals surface area contributed by atoms with E-state index < -0.39 is 23.7 Å². The molecule has 0 spiro atoms. The lowest BCUT2D eigenvalue weighted by atomic mass is 9.94. The van der Waals surface area contributed by atoms with Gasteiger partial charge in [0.15, 0.2) is 0 Å². The lowest BCUT2D eigenvalue weighted by molar-refractivity contribution is -0.139. The first-order valence-corrected chi connectivity index (χ1v) is 11.0. The molecule has 35 heavy (non-hydrogen) atoms. The average Bonchev–Trinajstić information content (AvgIpc) is 3.50. The number of benzene rings is 2. The Kier molecular flexibility index (Phi) is 6.96. The molecule has 1 N–H and O–H groups in total. The molecule has 0 bridgehead atoms. The van der Waals surface area contributed by atoms with Crippen molar-refractivity contribution in [3.63, 3.8) is 0 Å². The smallest absolute Gasteiger partial charge is 0.337 e. The van der Waals surface area contributed by atoms with Crippen LogP contribution < -0.4 is 4.74 Å². The molecule has 0 unspecified atom stereocenters. The van der Waals surface area contributed by atoms with E-state index >= 15 is 0 Å². The Bertz CT molecular complexity index is 1260. The number of amides is 1. The lowest BCUT2D eigenvalue weighted by Crippen LogP contribution is -2.31. The maximum absolute atomic E-state index is 13.2. The van der Waals surface area contributed by atoms with Crippen LogP contribution >= 0.6 is 0 Å². The maximum atomic E-state index is 13.2. The second-order valence-electron chi connectivity index (χ2n) is 7.99. The van der Waals surface area contributed by atoms with Crippen LogP contribution in [0.5, 0.6) is 5.75 Å². The first-order valence-electron chi connectivity index (χ1n) is 11.0. The molecular weight excluding hydrogens is 450 g/mol. The van der Waals surface area contributed by atoms with Gasteiger partial charge in [-0.3, -0.25) is 9.59 Å². The number of aryl methyl sites for hydroxylation is 1. The first-order chi connectivity index (χ1) is 16.9. The van der Waals surface area contributed by atoms with E-state index in [-0.39, 0.29) is 17.9 Å². The molecule has 1 atom stereocenters. The third kappa shape index (κ3) is 4.79. The summed E-state index contributed by atoms with van der Waals surface area (Å²) >= 11 is 0. The SMILES string of the molecule is COC(=O)c1ccc([C@@H]2C(=C(O)c3cccc(OC)c3)C(=O)C(=O)N2CCCn2ccnc2)cc1. The average molecular weight is 476 g/mol. The number of likely N-dealkylation sites (tertiary alicyclic amines) is 1. The van der Waals surface area contributed by atoms with Crippen molar-refractivity contribution in [2.45, 2.75) is 19.0 Å². The Morgan fingerprint density at radius 3 is 2.49 bits per heavy atom. The van der Waals surface area contributed by atoms with E-state index in [4.69, 9.17) is 9.47 Å². The standard InChI is InChI=1S/C26H25N3O6/c1-34-20-6-3-5-19(15-20)23(30)21-22(17-7-9-18(10-8-17)26(33)35-2)29(25(32)24(21)31)13-4-12-28-14-11-27-16-28/h3,5-11,14-16,22,30H,4,12-13H2,1-2H3/t22-/m1/s1. The number of esters is 1. The van der Waals surface area contributed by atoms with Crippen LogP contribution in [-0.2, 0) is 20.9 Å². The molecule has 4 rings (SSSR count). The number of carbonyl (C=O) groups excluding carboxylic acids is 3. The predicted octanol–water partition coefficient (Wildman–Crippen LogP) is 3.19. The van der Waals surface area contributed by atoms with E-state index in [0.717, 1.165) is 0 Å². The van der Waals surface area contributed by atoms with Gasteiger partial charge >= 0.3 is 5.97 Å². The Morgan fingerprint density at radius 1 is 1.06 bits per heavy atom. The van der Waals surface area contributed by atoms with Crippen molar-refractivity contribution in [2.24, 2.45) is 0 Å². The lowest BCUT2D eigenvalue weighted by Gasteiger charge is -2.25. The van der Waals surface area contributed by atoms with Crippen LogP contribution in [0.15, 0.2) is 72.8 Å². The molecule has 1 aromatic heterocycles. The number of carbonyl (C=O) groups is 3. The zero-order valence-corrected chi connectivity index (χ0v) is 19.4. The molecule has 0 radical (unpaired) electrons. The van der Waals surface area contributed by atoms with Gasteiger partial charge in [0, 0.05) is 31.0 Å². The summed E-state index contributed by atoms with van der Waals surface area (Å²) < 4.78 is 11.9. The van der Waals surface area contributed by atoms with Crippen LogP contribution in [0.3, 0.4) is 0 Å². The number of hydrogen-bond acceptors (Lipinski definition) is 7. The number of aliphatic hydroxyl groups is 1.